The van der Waals surface area contributed by atoms with Gasteiger partial charge in [-0.2, -0.15) is 0 Å². The van der Waals surface area contributed by atoms with Gasteiger partial charge in [0.05, 0.1) is 17.6 Å². The summed E-state index contributed by atoms with van der Waals surface area (Å²) < 4.78 is 0. The maximum Gasteiger partial charge on any atom is 0.326 e. The molecule has 1 aromatic rings. The van der Waals surface area contributed by atoms with Gasteiger partial charge in [-0.25, -0.2) is 9.78 Å². The van der Waals surface area contributed by atoms with Gasteiger partial charge in [0.15, 0.2) is 0 Å². The molecular weight excluding hydrogens is 380 g/mol. The van der Waals surface area contributed by atoms with Crippen LogP contribution in [0, 0.1) is 0 Å². The molecule has 1 N–H and O–H groups in total. The molecule has 1 amide bonds. The number of carboxylic acid groups (broad SMARTS) is 1. The van der Waals surface area contributed by atoms with E-state index in [1.165, 1.54) is 4.90 Å². The number of rotatable bonds is 7. The molecule has 3 rings (SSSR count). The van der Waals surface area contributed by atoms with Gasteiger partial charge in [-0.05, 0) is 45.0 Å². The van der Waals surface area contributed by atoms with Gasteiger partial charge in [0.2, 0.25) is 6.41 Å². The maximum atomic E-state index is 11.8. The zero-order valence-corrected chi connectivity index (χ0v) is 17.0. The van der Waals surface area contributed by atoms with Gasteiger partial charge in [0.1, 0.15) is 11.9 Å². The Morgan fingerprint density at radius 1 is 1.54 bits per heavy atom. The number of nitrogens with zero attached hydrogens (tertiary/aromatic N) is 4. The molecule has 0 saturated carbocycles. The minimum absolute atomic E-state index is 0.244. The molecule has 1 aromatic heterocycles. The van der Waals surface area contributed by atoms with Crippen LogP contribution in [0.1, 0.15) is 26.7 Å². The van der Waals surface area contributed by atoms with Gasteiger partial charge in [0.25, 0.3) is 0 Å². The Labute approximate surface area is 169 Å². The largest absolute Gasteiger partial charge is 0.480 e. The van der Waals surface area contributed by atoms with Crippen molar-refractivity contribution >= 4 is 29.8 Å². The summed E-state index contributed by atoms with van der Waals surface area (Å²) in [5, 5.41) is 9.67. The van der Waals surface area contributed by atoms with Crippen molar-refractivity contribution in [3.8, 4) is 0 Å². The molecular formula is C20H25ClN4O3. The molecule has 1 aliphatic carbocycles. The Morgan fingerprint density at radius 2 is 2.29 bits per heavy atom. The Bertz CT molecular complexity index is 813. The van der Waals surface area contributed by atoms with Gasteiger partial charge in [-0.15, -0.1) is 11.6 Å². The molecule has 7 nitrogen and oxygen atoms in total. The number of halogens is 1. The zero-order valence-electron chi connectivity index (χ0n) is 16.2. The van der Waals surface area contributed by atoms with Gasteiger partial charge in [0, 0.05) is 17.6 Å². The van der Waals surface area contributed by atoms with E-state index in [-0.39, 0.29) is 17.6 Å². The highest BCUT2D eigenvalue weighted by Gasteiger charge is 2.53. The van der Waals surface area contributed by atoms with E-state index in [0.29, 0.717) is 17.9 Å². The fraction of sp³-hybridized carbons (Fsp3) is 0.450. The smallest absolute Gasteiger partial charge is 0.326 e. The minimum Gasteiger partial charge on any atom is -0.480 e. The number of likely N-dealkylation sites (N-methyl/N-ethyl adjacent to an activating group) is 1. The summed E-state index contributed by atoms with van der Waals surface area (Å²) in [6.45, 7) is 3.75. The van der Waals surface area contributed by atoms with E-state index in [1.807, 2.05) is 30.2 Å². The predicted octanol–water partition coefficient (Wildman–Crippen LogP) is 2.65. The monoisotopic (exact) mass is 404 g/mol. The number of carbonyl (C=O) groups excluding carboxylic acids is 1. The molecule has 0 spiro atoms. The van der Waals surface area contributed by atoms with Crippen molar-refractivity contribution in [2.45, 2.75) is 44.4 Å². The fourth-order valence-corrected chi connectivity index (χ4v) is 4.59. The lowest BCUT2D eigenvalue weighted by molar-refractivity contribution is -0.142. The van der Waals surface area contributed by atoms with Crippen molar-refractivity contribution < 1.29 is 14.7 Å². The van der Waals surface area contributed by atoms with Crippen LogP contribution in [0.4, 0.5) is 5.82 Å². The molecule has 0 radical (unpaired) electrons. The van der Waals surface area contributed by atoms with Gasteiger partial charge in [-0.1, -0.05) is 19.1 Å². The van der Waals surface area contributed by atoms with Crippen molar-refractivity contribution in [3.63, 3.8) is 0 Å². The number of carboxylic acids is 1. The van der Waals surface area contributed by atoms with Crippen LogP contribution in [-0.2, 0) is 9.59 Å². The second-order valence-corrected chi connectivity index (χ2v) is 7.39. The van der Waals surface area contributed by atoms with Crippen LogP contribution in [-0.4, -0.2) is 62.9 Å². The van der Waals surface area contributed by atoms with E-state index in [2.05, 4.69) is 16.8 Å². The average molecular weight is 405 g/mol. The highest BCUT2D eigenvalue weighted by Crippen LogP contribution is 2.47. The highest BCUT2D eigenvalue weighted by atomic mass is 35.5. The third kappa shape index (κ3) is 3.08. The number of hydrogen-bond donors (Lipinski definition) is 1. The van der Waals surface area contributed by atoms with Crippen molar-refractivity contribution in [2.75, 3.05) is 17.8 Å². The first-order chi connectivity index (χ1) is 13.4. The SMILES string of the molecule is CCC12CC=C(N(C=O)c3ccccn3)C=C1N(C(C)C(=O)O)C(CCl)N2C. The van der Waals surface area contributed by atoms with E-state index in [0.717, 1.165) is 18.5 Å². The lowest BCUT2D eigenvalue weighted by atomic mass is 9.83. The third-order valence-corrected chi connectivity index (χ3v) is 6.19. The van der Waals surface area contributed by atoms with E-state index in [4.69, 9.17) is 11.6 Å². The Hall–Kier alpha value is -2.38. The van der Waals surface area contributed by atoms with Crippen LogP contribution >= 0.6 is 11.6 Å². The number of aliphatic carboxylic acids is 1. The third-order valence-electron chi connectivity index (χ3n) is 5.91. The first kappa shape index (κ1) is 20.4. The summed E-state index contributed by atoms with van der Waals surface area (Å²) in [5.74, 6) is -0.118. The van der Waals surface area contributed by atoms with Crippen molar-refractivity contribution in [1.82, 2.24) is 14.8 Å². The molecule has 3 unspecified atom stereocenters. The van der Waals surface area contributed by atoms with Gasteiger partial charge >= 0.3 is 5.97 Å². The highest BCUT2D eigenvalue weighted by molar-refractivity contribution is 6.18. The lowest BCUT2D eigenvalue weighted by Gasteiger charge is -2.39. The number of aromatic nitrogens is 1. The van der Waals surface area contributed by atoms with Crippen molar-refractivity contribution in [1.29, 1.82) is 0 Å². The number of amides is 1. The topological polar surface area (TPSA) is 77.0 Å². The molecule has 1 aliphatic heterocycles. The minimum atomic E-state index is -0.913. The number of allylic oxidation sites excluding steroid dienone is 1. The van der Waals surface area contributed by atoms with Crippen LogP contribution in [0.5, 0.6) is 0 Å². The summed E-state index contributed by atoms with van der Waals surface area (Å²) in [7, 11) is 1.98. The van der Waals surface area contributed by atoms with Crippen molar-refractivity contribution in [2.24, 2.45) is 0 Å². The van der Waals surface area contributed by atoms with Crippen LogP contribution < -0.4 is 4.90 Å². The number of anilines is 1. The summed E-state index contributed by atoms with van der Waals surface area (Å²) in [6.07, 6.45) is 7.46. The van der Waals surface area contributed by atoms with E-state index < -0.39 is 12.0 Å². The first-order valence-corrected chi connectivity index (χ1v) is 9.82. The average Bonchev–Trinajstić information content (AvgIpc) is 2.96. The fourth-order valence-electron chi connectivity index (χ4n) is 4.23. The molecule has 1 saturated heterocycles. The predicted molar refractivity (Wildman–Crippen MR) is 108 cm³/mol. The lowest BCUT2D eigenvalue weighted by Crippen LogP contribution is -2.47. The van der Waals surface area contributed by atoms with Crippen LogP contribution in [0.2, 0.25) is 0 Å². The molecule has 1 fully saturated rings. The van der Waals surface area contributed by atoms with Crippen LogP contribution in [0.3, 0.4) is 0 Å². The molecule has 0 bridgehead atoms. The number of alkyl halides is 1. The van der Waals surface area contributed by atoms with E-state index in [1.54, 1.807) is 25.3 Å². The van der Waals surface area contributed by atoms with Crippen molar-refractivity contribution in [3.05, 3.63) is 47.9 Å². The first-order valence-electron chi connectivity index (χ1n) is 9.29. The standard InChI is InChI=1S/C20H25ClN4O3/c1-4-20-9-8-15(24(13-26)17-7-5-6-10-22-17)11-16(20)25(14(2)19(27)28)18(12-21)23(20)3/h5-8,10-11,13-14,18H,4,9,12H2,1-3H3,(H,27,28). The van der Waals surface area contributed by atoms with E-state index in [9.17, 15) is 14.7 Å². The van der Waals surface area contributed by atoms with Crippen LogP contribution in [0.15, 0.2) is 47.9 Å². The molecule has 28 heavy (non-hydrogen) atoms. The number of fused-ring (bicyclic) bond motifs is 1. The van der Waals surface area contributed by atoms with Crippen LogP contribution in [0.25, 0.3) is 0 Å². The summed E-state index contributed by atoms with van der Waals surface area (Å²) in [6, 6.07) is 4.62. The summed E-state index contributed by atoms with van der Waals surface area (Å²) >= 11 is 6.26. The Morgan fingerprint density at radius 3 is 2.82 bits per heavy atom. The normalized spacial score (nSPS) is 25.6. The molecule has 2 aliphatic rings. The molecule has 3 atom stereocenters. The molecule has 0 aromatic carbocycles. The maximum absolute atomic E-state index is 11.8. The number of carbonyl (C=O) groups is 2. The quantitative estimate of drug-likeness (QED) is 0.556. The zero-order chi connectivity index (χ0) is 20.5. The Kier molecular flexibility index (Phi) is 5.76. The summed E-state index contributed by atoms with van der Waals surface area (Å²) in [5.41, 5.74) is 1.20. The number of pyridine rings is 1. The molecule has 2 heterocycles. The Balaban J connectivity index is 2.09. The molecule has 8 heteroatoms. The van der Waals surface area contributed by atoms with Gasteiger partial charge in [-0.3, -0.25) is 14.6 Å². The number of hydrogen-bond acceptors (Lipinski definition) is 5. The molecule has 150 valence electrons. The van der Waals surface area contributed by atoms with Gasteiger partial charge < -0.3 is 10.0 Å². The second-order valence-electron chi connectivity index (χ2n) is 7.08. The second kappa shape index (κ2) is 7.93. The van der Waals surface area contributed by atoms with E-state index >= 15 is 0 Å². The summed E-state index contributed by atoms with van der Waals surface area (Å²) in [4.78, 5) is 33.4.